The molecular weight excluding hydrogens is 269 g/mol. The summed E-state index contributed by atoms with van der Waals surface area (Å²) in [5, 5.41) is 3.10. The van der Waals surface area contributed by atoms with Gasteiger partial charge in [0.2, 0.25) is 0 Å². The van der Waals surface area contributed by atoms with Gasteiger partial charge in [-0.3, -0.25) is 0 Å². The summed E-state index contributed by atoms with van der Waals surface area (Å²) in [5.74, 6) is 0.572. The SMILES string of the molecule is CCNCCc1ncc(-c2ccccc2C(F)(F)F)o1. The summed E-state index contributed by atoms with van der Waals surface area (Å²) in [6.45, 7) is 3.47. The van der Waals surface area contributed by atoms with Crippen LogP contribution in [0.25, 0.3) is 11.3 Å². The lowest BCUT2D eigenvalue weighted by atomic mass is 10.1. The highest BCUT2D eigenvalue weighted by atomic mass is 19.4. The minimum atomic E-state index is -4.41. The van der Waals surface area contributed by atoms with E-state index in [0.717, 1.165) is 12.6 Å². The maximum Gasteiger partial charge on any atom is 0.417 e. The van der Waals surface area contributed by atoms with Crippen LogP contribution < -0.4 is 5.32 Å². The van der Waals surface area contributed by atoms with E-state index in [2.05, 4.69) is 10.3 Å². The molecular formula is C14H15F3N2O. The van der Waals surface area contributed by atoms with Crippen molar-refractivity contribution in [3.05, 3.63) is 41.9 Å². The first-order valence-electron chi connectivity index (χ1n) is 6.34. The Morgan fingerprint density at radius 2 is 2.00 bits per heavy atom. The summed E-state index contributed by atoms with van der Waals surface area (Å²) in [7, 11) is 0. The number of aromatic nitrogens is 1. The standard InChI is InChI=1S/C14H15F3N2O/c1-2-18-8-7-13-19-9-12(20-13)10-5-3-4-6-11(10)14(15,16)17/h3-6,9,18H,2,7-8H2,1H3. The van der Waals surface area contributed by atoms with Gasteiger partial charge in [-0.1, -0.05) is 25.1 Å². The van der Waals surface area contributed by atoms with Crippen molar-refractivity contribution in [2.75, 3.05) is 13.1 Å². The third-order valence-corrected chi connectivity index (χ3v) is 2.82. The molecule has 1 heterocycles. The lowest BCUT2D eigenvalue weighted by molar-refractivity contribution is -0.137. The average molecular weight is 284 g/mol. The van der Waals surface area contributed by atoms with E-state index < -0.39 is 11.7 Å². The van der Waals surface area contributed by atoms with Crippen LogP contribution in [0.2, 0.25) is 0 Å². The van der Waals surface area contributed by atoms with Gasteiger partial charge in [-0.05, 0) is 12.6 Å². The highest BCUT2D eigenvalue weighted by Crippen LogP contribution is 2.36. The Labute approximate surface area is 114 Å². The molecule has 0 atom stereocenters. The monoisotopic (exact) mass is 284 g/mol. The van der Waals surface area contributed by atoms with Crippen molar-refractivity contribution in [1.29, 1.82) is 0 Å². The van der Waals surface area contributed by atoms with E-state index in [4.69, 9.17) is 4.42 Å². The van der Waals surface area contributed by atoms with Crippen LogP contribution in [0.3, 0.4) is 0 Å². The van der Waals surface area contributed by atoms with Crippen molar-refractivity contribution in [1.82, 2.24) is 10.3 Å². The number of hydrogen-bond donors (Lipinski definition) is 1. The van der Waals surface area contributed by atoms with E-state index in [-0.39, 0.29) is 11.3 Å². The first-order chi connectivity index (χ1) is 9.52. The average Bonchev–Trinajstić information content (AvgIpc) is 2.87. The van der Waals surface area contributed by atoms with Crippen LogP contribution in [0.15, 0.2) is 34.9 Å². The smallest absolute Gasteiger partial charge is 0.417 e. The third kappa shape index (κ3) is 3.39. The highest BCUT2D eigenvalue weighted by Gasteiger charge is 2.34. The van der Waals surface area contributed by atoms with Crippen molar-refractivity contribution in [2.24, 2.45) is 0 Å². The molecule has 0 unspecified atom stereocenters. The molecule has 108 valence electrons. The Morgan fingerprint density at radius 3 is 2.70 bits per heavy atom. The molecule has 0 saturated heterocycles. The van der Waals surface area contributed by atoms with Crippen LogP contribution in [0.1, 0.15) is 18.4 Å². The molecule has 20 heavy (non-hydrogen) atoms. The van der Waals surface area contributed by atoms with Crippen molar-refractivity contribution in [2.45, 2.75) is 19.5 Å². The number of likely N-dealkylation sites (N-methyl/N-ethyl adjacent to an activating group) is 1. The minimum Gasteiger partial charge on any atom is -0.441 e. The van der Waals surface area contributed by atoms with E-state index in [1.807, 2.05) is 6.92 Å². The van der Waals surface area contributed by atoms with Crippen LogP contribution in [0.5, 0.6) is 0 Å². The maximum absolute atomic E-state index is 12.9. The van der Waals surface area contributed by atoms with E-state index in [0.29, 0.717) is 18.9 Å². The fourth-order valence-electron chi connectivity index (χ4n) is 1.87. The van der Waals surface area contributed by atoms with Crippen molar-refractivity contribution in [3.8, 4) is 11.3 Å². The van der Waals surface area contributed by atoms with Gasteiger partial charge in [-0.25, -0.2) is 4.98 Å². The molecule has 2 aromatic rings. The second-order valence-electron chi connectivity index (χ2n) is 4.27. The summed E-state index contributed by atoms with van der Waals surface area (Å²) in [6.07, 6.45) is -2.53. The zero-order valence-corrected chi connectivity index (χ0v) is 11.0. The summed E-state index contributed by atoms with van der Waals surface area (Å²) >= 11 is 0. The topological polar surface area (TPSA) is 38.1 Å². The lowest BCUT2D eigenvalue weighted by Gasteiger charge is -2.10. The Bertz CT molecular complexity index is 564. The molecule has 0 aliphatic rings. The predicted molar refractivity (Wildman–Crippen MR) is 69.2 cm³/mol. The van der Waals surface area contributed by atoms with Gasteiger partial charge in [0.05, 0.1) is 11.8 Å². The van der Waals surface area contributed by atoms with Crippen LogP contribution in [-0.4, -0.2) is 18.1 Å². The summed E-state index contributed by atoms with van der Waals surface area (Å²) in [5.41, 5.74) is -0.698. The molecule has 0 spiro atoms. The predicted octanol–water partition coefficient (Wildman–Crippen LogP) is 3.51. The number of nitrogens with one attached hydrogen (secondary N) is 1. The summed E-state index contributed by atoms with van der Waals surface area (Å²) < 4.78 is 44.2. The largest absolute Gasteiger partial charge is 0.441 e. The van der Waals surface area contributed by atoms with E-state index >= 15 is 0 Å². The van der Waals surface area contributed by atoms with Gasteiger partial charge in [0.15, 0.2) is 11.7 Å². The number of hydrogen-bond acceptors (Lipinski definition) is 3. The maximum atomic E-state index is 12.9. The Kier molecular flexibility index (Phi) is 4.44. The second-order valence-corrected chi connectivity index (χ2v) is 4.27. The van der Waals surface area contributed by atoms with E-state index in [1.165, 1.54) is 18.3 Å². The van der Waals surface area contributed by atoms with Crippen molar-refractivity contribution >= 4 is 0 Å². The Hall–Kier alpha value is -1.82. The van der Waals surface area contributed by atoms with Crippen LogP contribution in [-0.2, 0) is 12.6 Å². The normalized spacial score (nSPS) is 11.8. The lowest BCUT2D eigenvalue weighted by Crippen LogP contribution is -2.16. The Morgan fingerprint density at radius 1 is 1.25 bits per heavy atom. The highest BCUT2D eigenvalue weighted by molar-refractivity contribution is 5.62. The van der Waals surface area contributed by atoms with E-state index in [9.17, 15) is 13.2 Å². The fraction of sp³-hybridized carbons (Fsp3) is 0.357. The minimum absolute atomic E-state index is 0.0159. The third-order valence-electron chi connectivity index (χ3n) is 2.82. The number of rotatable bonds is 5. The number of halogens is 3. The molecule has 6 heteroatoms. The molecule has 2 rings (SSSR count). The van der Waals surface area contributed by atoms with Crippen molar-refractivity contribution < 1.29 is 17.6 Å². The first-order valence-corrected chi connectivity index (χ1v) is 6.34. The number of benzene rings is 1. The zero-order chi connectivity index (χ0) is 14.6. The molecule has 1 N–H and O–H groups in total. The number of nitrogens with zero attached hydrogens (tertiary/aromatic N) is 1. The van der Waals surface area contributed by atoms with Gasteiger partial charge in [0.1, 0.15) is 0 Å². The fourth-order valence-corrected chi connectivity index (χ4v) is 1.87. The van der Waals surface area contributed by atoms with Gasteiger partial charge in [0, 0.05) is 18.5 Å². The van der Waals surface area contributed by atoms with Gasteiger partial charge in [-0.2, -0.15) is 13.2 Å². The van der Waals surface area contributed by atoms with Gasteiger partial charge in [0.25, 0.3) is 0 Å². The molecule has 1 aromatic heterocycles. The molecule has 0 radical (unpaired) electrons. The molecule has 0 aliphatic heterocycles. The summed E-state index contributed by atoms with van der Waals surface area (Å²) in [4.78, 5) is 4.01. The molecule has 3 nitrogen and oxygen atoms in total. The molecule has 0 bridgehead atoms. The summed E-state index contributed by atoms with van der Waals surface area (Å²) in [6, 6.07) is 5.33. The van der Waals surface area contributed by atoms with Crippen LogP contribution in [0.4, 0.5) is 13.2 Å². The molecule has 0 aliphatic carbocycles. The molecule has 0 fully saturated rings. The Balaban J connectivity index is 2.24. The van der Waals surface area contributed by atoms with Gasteiger partial charge >= 0.3 is 6.18 Å². The number of oxazole rings is 1. The molecule has 0 amide bonds. The first kappa shape index (κ1) is 14.6. The van der Waals surface area contributed by atoms with Crippen LogP contribution in [0, 0.1) is 0 Å². The molecule has 1 aromatic carbocycles. The number of alkyl halides is 3. The van der Waals surface area contributed by atoms with Crippen molar-refractivity contribution in [3.63, 3.8) is 0 Å². The van der Waals surface area contributed by atoms with Gasteiger partial charge < -0.3 is 9.73 Å². The molecule has 0 saturated carbocycles. The van der Waals surface area contributed by atoms with E-state index in [1.54, 1.807) is 6.07 Å². The zero-order valence-electron chi connectivity index (χ0n) is 11.0. The van der Waals surface area contributed by atoms with Crippen LogP contribution >= 0.6 is 0 Å². The quantitative estimate of drug-likeness (QED) is 0.854. The second kappa shape index (κ2) is 6.09. The van der Waals surface area contributed by atoms with Gasteiger partial charge in [-0.15, -0.1) is 0 Å².